The van der Waals surface area contributed by atoms with E-state index in [0.29, 0.717) is 17.7 Å². The van der Waals surface area contributed by atoms with Gasteiger partial charge < -0.3 is 5.32 Å². The van der Waals surface area contributed by atoms with Gasteiger partial charge >= 0.3 is 6.18 Å². The van der Waals surface area contributed by atoms with Gasteiger partial charge in [0, 0.05) is 19.0 Å². The van der Waals surface area contributed by atoms with Crippen LogP contribution in [0.4, 0.5) is 13.2 Å². The van der Waals surface area contributed by atoms with Crippen LogP contribution in [0.1, 0.15) is 59.7 Å². The molecule has 33 heavy (non-hydrogen) atoms. The highest BCUT2D eigenvalue weighted by molar-refractivity contribution is 5.78. The molecule has 3 rings (SSSR count). The molecule has 0 aliphatic heterocycles. The van der Waals surface area contributed by atoms with Gasteiger partial charge in [0.25, 0.3) is 0 Å². The Morgan fingerprint density at radius 3 is 2.30 bits per heavy atom. The lowest BCUT2D eigenvalue weighted by atomic mass is 9.77. The monoisotopic (exact) mass is 454 g/mol. The summed E-state index contributed by atoms with van der Waals surface area (Å²) in [5.41, 5.74) is 0.803. The zero-order valence-corrected chi connectivity index (χ0v) is 19.2. The summed E-state index contributed by atoms with van der Waals surface area (Å²) in [6.45, 7) is 5.35. The molecule has 0 bridgehead atoms. The van der Waals surface area contributed by atoms with E-state index in [1.54, 1.807) is 12.3 Å². The maximum absolute atomic E-state index is 13.8. The van der Waals surface area contributed by atoms with Crippen molar-refractivity contribution in [3.05, 3.63) is 100 Å². The van der Waals surface area contributed by atoms with Crippen LogP contribution in [-0.4, -0.2) is 10.9 Å². The number of alkyl halides is 3. The third-order valence-corrected chi connectivity index (χ3v) is 5.87. The molecule has 0 aliphatic rings. The van der Waals surface area contributed by atoms with Crippen molar-refractivity contribution in [3.8, 4) is 0 Å². The zero-order chi connectivity index (χ0) is 24.1. The summed E-state index contributed by atoms with van der Waals surface area (Å²) in [4.78, 5) is 17.6. The minimum absolute atomic E-state index is 0.0834. The third-order valence-electron chi connectivity index (χ3n) is 5.87. The van der Waals surface area contributed by atoms with Crippen LogP contribution in [0.25, 0.3) is 0 Å². The van der Waals surface area contributed by atoms with E-state index in [0.717, 1.165) is 23.6 Å². The molecule has 3 aromatic rings. The Morgan fingerprint density at radius 1 is 0.970 bits per heavy atom. The van der Waals surface area contributed by atoms with Gasteiger partial charge in [0.1, 0.15) is 5.54 Å². The fourth-order valence-corrected chi connectivity index (χ4v) is 4.21. The van der Waals surface area contributed by atoms with Crippen LogP contribution in [-0.2, 0) is 22.9 Å². The van der Waals surface area contributed by atoms with Gasteiger partial charge in [-0.3, -0.25) is 9.78 Å². The van der Waals surface area contributed by atoms with Crippen LogP contribution in [0.5, 0.6) is 0 Å². The number of aryl methyl sites for hydroxylation is 1. The van der Waals surface area contributed by atoms with E-state index >= 15 is 0 Å². The predicted octanol–water partition coefficient (Wildman–Crippen LogP) is 6.51. The molecular formula is C27H29F3N2O. The summed E-state index contributed by atoms with van der Waals surface area (Å²) in [5.74, 6) is -0.215. The van der Waals surface area contributed by atoms with E-state index in [1.807, 2.05) is 56.3 Å². The van der Waals surface area contributed by atoms with E-state index in [4.69, 9.17) is 0 Å². The number of nitrogens with one attached hydrogen (secondary N) is 1. The van der Waals surface area contributed by atoms with E-state index in [2.05, 4.69) is 10.3 Å². The summed E-state index contributed by atoms with van der Waals surface area (Å²) in [7, 11) is 0. The summed E-state index contributed by atoms with van der Waals surface area (Å²) in [6.07, 6.45) is -0.794. The van der Waals surface area contributed by atoms with Crippen molar-refractivity contribution in [2.45, 2.75) is 58.2 Å². The third kappa shape index (κ3) is 5.62. The van der Waals surface area contributed by atoms with Crippen molar-refractivity contribution in [1.82, 2.24) is 10.3 Å². The first kappa shape index (κ1) is 24.5. The molecule has 1 unspecified atom stereocenters. The highest BCUT2D eigenvalue weighted by Crippen LogP contribution is 2.40. The summed E-state index contributed by atoms with van der Waals surface area (Å²) in [5, 5.41) is 3.12. The van der Waals surface area contributed by atoms with Crippen LogP contribution in [0.3, 0.4) is 0 Å². The topological polar surface area (TPSA) is 42.0 Å². The second-order valence-corrected chi connectivity index (χ2v) is 8.41. The Balaban J connectivity index is 2.30. The van der Waals surface area contributed by atoms with Crippen LogP contribution in [0.2, 0.25) is 0 Å². The average Bonchev–Trinajstić information content (AvgIpc) is 2.77. The summed E-state index contributed by atoms with van der Waals surface area (Å²) < 4.78 is 41.5. The molecule has 0 aliphatic carbocycles. The largest absolute Gasteiger partial charge is 0.416 e. The van der Waals surface area contributed by atoms with Crippen molar-refractivity contribution in [2.24, 2.45) is 0 Å². The van der Waals surface area contributed by atoms with Gasteiger partial charge in [-0.2, -0.15) is 13.2 Å². The zero-order valence-electron chi connectivity index (χ0n) is 19.2. The fraction of sp³-hybridized carbons (Fsp3) is 0.333. The van der Waals surface area contributed by atoms with Crippen LogP contribution >= 0.6 is 0 Å². The van der Waals surface area contributed by atoms with Crippen molar-refractivity contribution >= 4 is 5.91 Å². The number of amides is 1. The van der Waals surface area contributed by atoms with Gasteiger partial charge in [0.15, 0.2) is 0 Å². The molecule has 2 aromatic carbocycles. The molecule has 0 radical (unpaired) electrons. The number of carbonyl (C=O) groups excluding carboxylic acids is 1. The van der Waals surface area contributed by atoms with Gasteiger partial charge in [-0.25, -0.2) is 0 Å². The molecule has 0 fully saturated rings. The van der Waals surface area contributed by atoms with E-state index in [1.165, 1.54) is 13.0 Å². The molecule has 1 heterocycles. The Labute approximate surface area is 193 Å². The van der Waals surface area contributed by atoms with Gasteiger partial charge in [-0.1, -0.05) is 55.8 Å². The van der Waals surface area contributed by atoms with E-state index < -0.39 is 17.3 Å². The lowest BCUT2D eigenvalue weighted by Crippen LogP contribution is -2.49. The summed E-state index contributed by atoms with van der Waals surface area (Å²) in [6, 6.07) is 17.3. The SMILES string of the molecule is CCCCC(=O)NC(Cc1ccccc1)(c1cc(C)ccn1)c1cccc(C(F)(F)F)c1C. The molecular weight excluding hydrogens is 425 g/mol. The highest BCUT2D eigenvalue weighted by Gasteiger charge is 2.42. The quantitative estimate of drug-likeness (QED) is 0.422. The number of carbonyl (C=O) groups is 1. The molecule has 1 amide bonds. The molecule has 174 valence electrons. The molecule has 6 heteroatoms. The molecule has 1 N–H and O–H groups in total. The van der Waals surface area contributed by atoms with Crippen LogP contribution < -0.4 is 5.32 Å². The minimum atomic E-state index is -4.51. The second kappa shape index (κ2) is 10.2. The average molecular weight is 455 g/mol. The van der Waals surface area contributed by atoms with Crippen LogP contribution in [0, 0.1) is 13.8 Å². The standard InChI is InChI=1S/C27H29F3N2O/c1-4-5-14-25(33)32-26(18-21-10-7-6-8-11-21,24-17-19(2)15-16-31-24)22-12-9-13-23(20(22)3)27(28,29)30/h6-13,15-17H,4-5,14,18H2,1-3H3,(H,32,33). The first-order valence-electron chi connectivity index (χ1n) is 11.1. The number of halogens is 3. The first-order valence-corrected chi connectivity index (χ1v) is 11.1. The number of hydrogen-bond donors (Lipinski definition) is 1. The number of aromatic nitrogens is 1. The summed E-state index contributed by atoms with van der Waals surface area (Å²) >= 11 is 0. The Bertz CT molecular complexity index is 1100. The molecule has 0 saturated carbocycles. The van der Waals surface area contributed by atoms with Gasteiger partial charge in [0.2, 0.25) is 5.91 Å². The van der Waals surface area contributed by atoms with Crippen molar-refractivity contribution in [1.29, 1.82) is 0 Å². The van der Waals surface area contributed by atoms with Crippen LogP contribution in [0.15, 0.2) is 66.9 Å². The lowest BCUT2D eigenvalue weighted by molar-refractivity contribution is -0.138. The fourth-order valence-electron chi connectivity index (χ4n) is 4.21. The predicted molar refractivity (Wildman–Crippen MR) is 124 cm³/mol. The number of hydrogen-bond acceptors (Lipinski definition) is 2. The second-order valence-electron chi connectivity index (χ2n) is 8.41. The van der Waals surface area contributed by atoms with Gasteiger partial charge in [-0.15, -0.1) is 0 Å². The van der Waals surface area contributed by atoms with Gasteiger partial charge in [0.05, 0.1) is 11.3 Å². The maximum atomic E-state index is 13.8. The maximum Gasteiger partial charge on any atom is 0.416 e. The number of nitrogens with zero attached hydrogens (tertiary/aromatic N) is 1. The number of pyridine rings is 1. The van der Waals surface area contributed by atoms with E-state index in [-0.39, 0.29) is 24.3 Å². The van der Waals surface area contributed by atoms with Crippen molar-refractivity contribution in [3.63, 3.8) is 0 Å². The first-order chi connectivity index (χ1) is 15.7. The Kier molecular flexibility index (Phi) is 7.57. The number of rotatable bonds is 8. The smallest absolute Gasteiger partial charge is 0.341 e. The number of benzene rings is 2. The highest BCUT2D eigenvalue weighted by atomic mass is 19.4. The molecule has 0 spiro atoms. The van der Waals surface area contributed by atoms with Crippen molar-refractivity contribution < 1.29 is 18.0 Å². The normalized spacial score (nSPS) is 13.4. The lowest BCUT2D eigenvalue weighted by Gasteiger charge is -2.37. The molecule has 1 aromatic heterocycles. The minimum Gasteiger partial charge on any atom is -0.341 e. The van der Waals surface area contributed by atoms with Crippen molar-refractivity contribution in [2.75, 3.05) is 0 Å². The molecule has 3 nitrogen and oxygen atoms in total. The Hall–Kier alpha value is -3.15. The van der Waals surface area contributed by atoms with Gasteiger partial charge in [-0.05, 0) is 60.7 Å². The van der Waals surface area contributed by atoms with E-state index in [9.17, 15) is 18.0 Å². The molecule has 1 atom stereocenters. The Morgan fingerprint density at radius 2 is 1.67 bits per heavy atom. The number of unbranched alkanes of at least 4 members (excludes halogenated alkanes) is 1. The molecule has 0 saturated heterocycles.